The molecule has 0 saturated heterocycles. The van der Waals surface area contributed by atoms with Gasteiger partial charge in [-0.3, -0.25) is 4.98 Å². The lowest BCUT2D eigenvalue weighted by Crippen LogP contribution is -2.34. The molecule has 3 heterocycles. The van der Waals surface area contributed by atoms with Crippen LogP contribution < -0.4 is 9.04 Å². The summed E-state index contributed by atoms with van der Waals surface area (Å²) >= 11 is 0. The number of carbonyl (C=O) groups is 1. The monoisotopic (exact) mass is 481 g/mol. The highest BCUT2D eigenvalue weighted by molar-refractivity contribution is 7.92. The van der Waals surface area contributed by atoms with Crippen molar-refractivity contribution in [3.8, 4) is 5.75 Å². The van der Waals surface area contributed by atoms with Gasteiger partial charge < -0.3 is 9.84 Å². The van der Waals surface area contributed by atoms with Gasteiger partial charge in [0.1, 0.15) is 11.3 Å². The number of carboxylic acid groups (broad SMARTS) is 1. The molecule has 11 heteroatoms. The summed E-state index contributed by atoms with van der Waals surface area (Å²) in [5.74, 6) is -0.942. The Labute approximate surface area is 196 Å². The van der Waals surface area contributed by atoms with Crippen LogP contribution in [0.4, 0.5) is 5.82 Å². The topological polar surface area (TPSA) is 127 Å². The normalized spacial score (nSPS) is 11.5. The number of nitrogens with zero attached hydrogens (tertiary/aromatic N) is 5. The fourth-order valence-electron chi connectivity index (χ4n) is 3.74. The number of hydrogen-bond donors (Lipinski definition) is 1. The van der Waals surface area contributed by atoms with Gasteiger partial charge in [-0.05, 0) is 49.2 Å². The standard InChI is InChI=1S/C23H23N5O5S/c1-4-19-15(2)26-28-21(19)25-13-20(23(29)30)22(28)27(14-16-6-5-11-24-12-16)34(31,32)18-9-7-17(33-3)8-10-18/h5-13H,4,14H2,1-3H3,(H,29,30). The van der Waals surface area contributed by atoms with Crippen molar-refractivity contribution in [3.63, 3.8) is 0 Å². The Morgan fingerprint density at radius 2 is 1.91 bits per heavy atom. The zero-order chi connectivity index (χ0) is 24.5. The van der Waals surface area contributed by atoms with Crippen LogP contribution in [0.2, 0.25) is 0 Å². The van der Waals surface area contributed by atoms with E-state index in [4.69, 9.17) is 4.74 Å². The number of hydrogen-bond acceptors (Lipinski definition) is 7. The molecule has 4 aromatic rings. The number of methoxy groups -OCH3 is 1. The molecule has 3 aromatic heterocycles. The molecule has 0 atom stereocenters. The highest BCUT2D eigenvalue weighted by atomic mass is 32.2. The summed E-state index contributed by atoms with van der Waals surface area (Å²) in [4.78, 5) is 20.5. The van der Waals surface area contributed by atoms with Gasteiger partial charge in [-0.25, -0.2) is 22.5 Å². The quantitative estimate of drug-likeness (QED) is 0.407. The summed E-state index contributed by atoms with van der Waals surface area (Å²) in [6.45, 7) is 3.54. The zero-order valence-electron chi connectivity index (χ0n) is 18.8. The highest BCUT2D eigenvalue weighted by Crippen LogP contribution is 2.31. The smallest absolute Gasteiger partial charge is 0.341 e. The Balaban J connectivity index is 2.02. The van der Waals surface area contributed by atoms with Gasteiger partial charge in [0.15, 0.2) is 11.5 Å². The molecule has 1 N–H and O–H groups in total. The van der Waals surface area contributed by atoms with Gasteiger partial charge in [-0.2, -0.15) is 9.61 Å². The first-order valence-corrected chi connectivity index (χ1v) is 11.9. The number of fused-ring (bicyclic) bond motifs is 1. The molecule has 0 aliphatic heterocycles. The van der Waals surface area contributed by atoms with Gasteiger partial charge >= 0.3 is 5.97 Å². The number of anilines is 1. The van der Waals surface area contributed by atoms with Gasteiger partial charge in [-0.15, -0.1) is 0 Å². The van der Waals surface area contributed by atoms with Gasteiger partial charge in [-0.1, -0.05) is 13.0 Å². The van der Waals surface area contributed by atoms with Gasteiger partial charge in [0.05, 0.1) is 24.2 Å². The second-order valence-corrected chi connectivity index (χ2v) is 9.36. The number of ether oxygens (including phenoxy) is 1. The molecule has 4 rings (SSSR count). The molecule has 0 aliphatic rings. The third-order valence-corrected chi connectivity index (χ3v) is 7.18. The van der Waals surface area contributed by atoms with E-state index < -0.39 is 16.0 Å². The van der Waals surface area contributed by atoms with Crippen molar-refractivity contribution < 1.29 is 23.1 Å². The summed E-state index contributed by atoms with van der Waals surface area (Å²) in [5.41, 5.74) is 2.13. The fraction of sp³-hybridized carbons (Fsp3) is 0.217. The number of sulfonamides is 1. The summed E-state index contributed by atoms with van der Waals surface area (Å²) in [7, 11) is -2.75. The van der Waals surface area contributed by atoms with Crippen molar-refractivity contribution in [2.24, 2.45) is 0 Å². The molecule has 0 aliphatic carbocycles. The van der Waals surface area contributed by atoms with Crippen LogP contribution in [0.15, 0.2) is 59.9 Å². The molecule has 1 aromatic carbocycles. The predicted molar refractivity (Wildman–Crippen MR) is 125 cm³/mol. The van der Waals surface area contributed by atoms with Crippen molar-refractivity contribution in [2.75, 3.05) is 11.4 Å². The molecule has 0 bridgehead atoms. The van der Waals surface area contributed by atoms with Crippen LogP contribution in [0.5, 0.6) is 5.75 Å². The Bertz CT molecular complexity index is 1450. The van der Waals surface area contributed by atoms with Crippen molar-refractivity contribution in [2.45, 2.75) is 31.7 Å². The summed E-state index contributed by atoms with van der Waals surface area (Å²) in [6, 6.07) is 9.28. The number of pyridine rings is 1. The predicted octanol–water partition coefficient (Wildman–Crippen LogP) is 3.10. The maximum Gasteiger partial charge on any atom is 0.341 e. The maximum absolute atomic E-state index is 13.9. The molecular weight excluding hydrogens is 458 g/mol. The lowest BCUT2D eigenvalue weighted by molar-refractivity contribution is 0.0696. The minimum atomic E-state index is -4.24. The second-order valence-electron chi connectivity index (χ2n) is 7.50. The average Bonchev–Trinajstić information content (AvgIpc) is 3.17. The van der Waals surface area contributed by atoms with Crippen LogP contribution >= 0.6 is 0 Å². The van der Waals surface area contributed by atoms with Crippen LogP contribution in [0.3, 0.4) is 0 Å². The van der Waals surface area contributed by atoms with E-state index in [1.54, 1.807) is 25.3 Å². The van der Waals surface area contributed by atoms with Crippen LogP contribution in [-0.4, -0.2) is 46.2 Å². The molecule has 0 radical (unpaired) electrons. The van der Waals surface area contributed by atoms with Crippen molar-refractivity contribution in [3.05, 3.63) is 77.4 Å². The van der Waals surface area contributed by atoms with Gasteiger partial charge in [0.25, 0.3) is 10.0 Å². The first-order valence-electron chi connectivity index (χ1n) is 10.4. The lowest BCUT2D eigenvalue weighted by atomic mass is 10.2. The zero-order valence-corrected chi connectivity index (χ0v) is 19.7. The van der Waals surface area contributed by atoms with E-state index >= 15 is 0 Å². The van der Waals surface area contributed by atoms with Crippen molar-refractivity contribution in [1.82, 2.24) is 19.6 Å². The first-order chi connectivity index (χ1) is 16.3. The fourth-order valence-corrected chi connectivity index (χ4v) is 5.19. The molecule has 0 spiro atoms. The number of aryl methyl sites for hydroxylation is 2. The van der Waals surface area contributed by atoms with Crippen molar-refractivity contribution in [1.29, 1.82) is 0 Å². The van der Waals surface area contributed by atoms with Crippen LogP contribution in [0.1, 0.15) is 34.1 Å². The lowest BCUT2D eigenvalue weighted by Gasteiger charge is -2.26. The summed E-state index contributed by atoms with van der Waals surface area (Å²) in [6.07, 6.45) is 4.87. The molecule has 0 amide bonds. The van der Waals surface area contributed by atoms with E-state index in [9.17, 15) is 18.3 Å². The van der Waals surface area contributed by atoms with Crippen LogP contribution in [-0.2, 0) is 23.0 Å². The van der Waals surface area contributed by atoms with E-state index in [2.05, 4.69) is 15.1 Å². The highest BCUT2D eigenvalue weighted by Gasteiger charge is 2.32. The number of benzene rings is 1. The third-order valence-electron chi connectivity index (χ3n) is 5.43. The molecule has 176 valence electrons. The van der Waals surface area contributed by atoms with E-state index in [0.29, 0.717) is 29.1 Å². The van der Waals surface area contributed by atoms with Gasteiger partial charge in [0, 0.05) is 24.2 Å². The molecule has 34 heavy (non-hydrogen) atoms. The average molecular weight is 482 g/mol. The minimum absolute atomic E-state index is 0.0296. The molecule has 10 nitrogen and oxygen atoms in total. The summed E-state index contributed by atoms with van der Waals surface area (Å²) < 4.78 is 35.3. The van der Waals surface area contributed by atoms with E-state index in [1.165, 1.54) is 48.3 Å². The summed E-state index contributed by atoms with van der Waals surface area (Å²) in [5, 5.41) is 14.4. The first kappa shape index (κ1) is 23.2. The molecule has 0 unspecified atom stereocenters. The number of aromatic nitrogens is 4. The molecular formula is C23H23N5O5S. The number of aromatic carboxylic acids is 1. The Kier molecular flexibility index (Phi) is 6.20. The second kappa shape index (κ2) is 9.10. The van der Waals surface area contributed by atoms with Crippen LogP contribution in [0.25, 0.3) is 5.65 Å². The maximum atomic E-state index is 13.9. The Morgan fingerprint density at radius 3 is 2.50 bits per heavy atom. The minimum Gasteiger partial charge on any atom is -0.497 e. The Morgan fingerprint density at radius 1 is 1.18 bits per heavy atom. The van der Waals surface area contributed by atoms with Gasteiger partial charge in [0.2, 0.25) is 0 Å². The SMILES string of the molecule is CCc1c(C)nn2c(N(Cc3cccnc3)S(=O)(=O)c3ccc(OC)cc3)c(C(=O)O)cnc12. The largest absolute Gasteiger partial charge is 0.497 e. The Hall–Kier alpha value is -3.99. The van der Waals surface area contributed by atoms with E-state index in [-0.39, 0.29) is 22.8 Å². The number of carboxylic acids is 1. The van der Waals surface area contributed by atoms with E-state index in [0.717, 1.165) is 9.87 Å². The number of rotatable bonds is 8. The van der Waals surface area contributed by atoms with Crippen LogP contribution in [0, 0.1) is 6.92 Å². The molecule has 0 saturated carbocycles. The van der Waals surface area contributed by atoms with E-state index in [1.807, 2.05) is 6.92 Å². The molecule has 0 fully saturated rings. The van der Waals surface area contributed by atoms with Crippen molar-refractivity contribution >= 4 is 27.5 Å². The third kappa shape index (κ3) is 4.05.